The van der Waals surface area contributed by atoms with Crippen molar-refractivity contribution >= 4 is 23.4 Å². The third-order valence-corrected chi connectivity index (χ3v) is 3.43. The standard InChI is InChI=1S/C15H22ClN3O2/c1-6-19(5)15(21)10(4)17-14(20)11-7-12(9(2)3)18-13(16)8-11/h7-10H,6H2,1-5H3,(H,17,20). The molecule has 0 aliphatic heterocycles. The monoisotopic (exact) mass is 311 g/mol. The maximum absolute atomic E-state index is 12.2. The summed E-state index contributed by atoms with van der Waals surface area (Å²) >= 11 is 5.94. The number of amides is 2. The molecule has 0 saturated carbocycles. The second-order valence-electron chi connectivity index (χ2n) is 5.31. The number of nitrogens with zero attached hydrogens (tertiary/aromatic N) is 2. The molecular formula is C15H22ClN3O2. The van der Waals surface area contributed by atoms with Crippen LogP contribution in [0.1, 0.15) is 49.7 Å². The predicted molar refractivity (Wildman–Crippen MR) is 83.6 cm³/mol. The third kappa shape index (κ3) is 4.70. The Morgan fingerprint density at radius 1 is 1.33 bits per heavy atom. The predicted octanol–water partition coefficient (Wildman–Crippen LogP) is 2.46. The van der Waals surface area contributed by atoms with Crippen molar-refractivity contribution < 1.29 is 9.59 Å². The van der Waals surface area contributed by atoms with Gasteiger partial charge in [-0.25, -0.2) is 4.98 Å². The summed E-state index contributed by atoms with van der Waals surface area (Å²) in [5, 5.41) is 2.96. The molecule has 1 aromatic heterocycles. The minimum absolute atomic E-state index is 0.130. The molecule has 0 bridgehead atoms. The maximum Gasteiger partial charge on any atom is 0.252 e. The van der Waals surface area contributed by atoms with Crippen molar-refractivity contribution in [2.75, 3.05) is 13.6 Å². The number of likely N-dealkylation sites (N-methyl/N-ethyl adjacent to an activating group) is 1. The number of aromatic nitrogens is 1. The van der Waals surface area contributed by atoms with Crippen molar-refractivity contribution in [2.24, 2.45) is 0 Å². The quantitative estimate of drug-likeness (QED) is 0.850. The van der Waals surface area contributed by atoms with Crippen molar-refractivity contribution in [1.82, 2.24) is 15.2 Å². The molecule has 1 aromatic rings. The van der Waals surface area contributed by atoms with Gasteiger partial charge < -0.3 is 10.2 Å². The summed E-state index contributed by atoms with van der Waals surface area (Å²) < 4.78 is 0. The molecule has 0 radical (unpaired) electrons. The van der Waals surface area contributed by atoms with Crippen LogP contribution < -0.4 is 5.32 Å². The van der Waals surface area contributed by atoms with Gasteiger partial charge in [-0.15, -0.1) is 0 Å². The lowest BCUT2D eigenvalue weighted by atomic mass is 10.1. The lowest BCUT2D eigenvalue weighted by molar-refractivity contribution is -0.131. The number of carbonyl (C=O) groups is 2. The molecule has 0 aromatic carbocycles. The third-order valence-electron chi connectivity index (χ3n) is 3.24. The summed E-state index contributed by atoms with van der Waals surface area (Å²) in [5.41, 5.74) is 1.16. The maximum atomic E-state index is 12.2. The number of nitrogens with one attached hydrogen (secondary N) is 1. The van der Waals surface area contributed by atoms with Gasteiger partial charge >= 0.3 is 0 Å². The summed E-state index contributed by atoms with van der Waals surface area (Å²) in [4.78, 5) is 29.9. The fraction of sp³-hybridized carbons (Fsp3) is 0.533. The van der Waals surface area contributed by atoms with E-state index in [-0.39, 0.29) is 22.9 Å². The van der Waals surface area contributed by atoms with Crippen LogP contribution >= 0.6 is 11.6 Å². The summed E-state index contributed by atoms with van der Waals surface area (Å²) in [6, 6.07) is 2.62. The highest BCUT2D eigenvalue weighted by atomic mass is 35.5. The van der Waals surface area contributed by atoms with Crippen molar-refractivity contribution in [3.05, 3.63) is 28.5 Å². The average molecular weight is 312 g/mol. The molecular weight excluding hydrogens is 290 g/mol. The minimum atomic E-state index is -0.586. The van der Waals surface area contributed by atoms with E-state index >= 15 is 0 Å². The van der Waals surface area contributed by atoms with Gasteiger partial charge in [0.25, 0.3) is 5.91 Å². The van der Waals surface area contributed by atoms with Crippen LogP contribution in [0, 0.1) is 0 Å². The highest BCUT2D eigenvalue weighted by Gasteiger charge is 2.20. The average Bonchev–Trinajstić information content (AvgIpc) is 2.44. The molecule has 1 rings (SSSR count). The Labute approximate surface area is 130 Å². The Balaban J connectivity index is 2.87. The summed E-state index contributed by atoms with van der Waals surface area (Å²) in [7, 11) is 1.70. The molecule has 1 N–H and O–H groups in total. The highest BCUT2D eigenvalue weighted by Crippen LogP contribution is 2.17. The molecule has 1 unspecified atom stereocenters. The van der Waals surface area contributed by atoms with Crippen LogP contribution in [0.4, 0.5) is 0 Å². The van der Waals surface area contributed by atoms with E-state index in [1.165, 1.54) is 6.07 Å². The molecule has 0 aliphatic carbocycles. The second kappa shape index (κ2) is 7.41. The molecule has 5 nitrogen and oxygen atoms in total. The van der Waals surface area contributed by atoms with Crippen LogP contribution in [0.15, 0.2) is 12.1 Å². The van der Waals surface area contributed by atoms with E-state index in [9.17, 15) is 9.59 Å². The number of carbonyl (C=O) groups excluding carboxylic acids is 2. The number of hydrogen-bond acceptors (Lipinski definition) is 3. The first-order valence-corrected chi connectivity index (χ1v) is 7.37. The van der Waals surface area contributed by atoms with Crippen molar-refractivity contribution in [3.63, 3.8) is 0 Å². The van der Waals surface area contributed by atoms with Crippen LogP contribution in [0.3, 0.4) is 0 Å². The molecule has 0 saturated heterocycles. The van der Waals surface area contributed by atoms with Gasteiger partial charge in [0.1, 0.15) is 11.2 Å². The van der Waals surface area contributed by atoms with Crippen molar-refractivity contribution in [3.8, 4) is 0 Å². The van der Waals surface area contributed by atoms with E-state index in [2.05, 4.69) is 10.3 Å². The zero-order chi connectivity index (χ0) is 16.2. The molecule has 1 atom stereocenters. The lowest BCUT2D eigenvalue weighted by Gasteiger charge is -2.20. The van der Waals surface area contributed by atoms with Crippen molar-refractivity contribution in [2.45, 2.75) is 39.7 Å². The molecule has 0 fully saturated rings. The van der Waals surface area contributed by atoms with Crippen LogP contribution in [-0.2, 0) is 4.79 Å². The first kappa shape index (κ1) is 17.4. The fourth-order valence-corrected chi connectivity index (χ4v) is 1.99. The van der Waals surface area contributed by atoms with Gasteiger partial charge in [0, 0.05) is 24.8 Å². The van der Waals surface area contributed by atoms with E-state index in [4.69, 9.17) is 11.6 Å². The van der Waals surface area contributed by atoms with Crippen LogP contribution in [0.25, 0.3) is 0 Å². The zero-order valence-electron chi connectivity index (χ0n) is 13.1. The number of hydrogen-bond donors (Lipinski definition) is 1. The van der Waals surface area contributed by atoms with E-state index in [0.29, 0.717) is 12.1 Å². The van der Waals surface area contributed by atoms with Gasteiger partial charge in [-0.2, -0.15) is 0 Å². The Morgan fingerprint density at radius 2 is 1.95 bits per heavy atom. The summed E-state index contributed by atoms with van der Waals surface area (Å²) in [6.45, 7) is 8.09. The molecule has 6 heteroatoms. The van der Waals surface area contributed by atoms with Crippen LogP contribution in [0.5, 0.6) is 0 Å². The topological polar surface area (TPSA) is 62.3 Å². The van der Waals surface area contributed by atoms with E-state index < -0.39 is 6.04 Å². The van der Waals surface area contributed by atoms with Gasteiger partial charge in [0.2, 0.25) is 5.91 Å². The lowest BCUT2D eigenvalue weighted by Crippen LogP contribution is -2.45. The molecule has 21 heavy (non-hydrogen) atoms. The summed E-state index contributed by atoms with van der Waals surface area (Å²) in [6.07, 6.45) is 0. The smallest absolute Gasteiger partial charge is 0.252 e. The van der Waals surface area contributed by atoms with E-state index in [0.717, 1.165) is 5.69 Å². The van der Waals surface area contributed by atoms with E-state index in [1.807, 2.05) is 20.8 Å². The van der Waals surface area contributed by atoms with Gasteiger partial charge in [-0.05, 0) is 31.9 Å². The summed E-state index contributed by atoms with van der Waals surface area (Å²) in [5.74, 6) is -0.290. The molecule has 116 valence electrons. The van der Waals surface area contributed by atoms with Gasteiger partial charge in [-0.1, -0.05) is 25.4 Å². The Hall–Kier alpha value is -1.62. The zero-order valence-corrected chi connectivity index (χ0v) is 13.9. The molecule has 0 aliphatic rings. The fourth-order valence-electron chi connectivity index (χ4n) is 1.77. The minimum Gasteiger partial charge on any atom is -0.344 e. The normalized spacial score (nSPS) is 12.1. The van der Waals surface area contributed by atoms with Crippen molar-refractivity contribution in [1.29, 1.82) is 0 Å². The van der Waals surface area contributed by atoms with Gasteiger partial charge in [0.05, 0.1) is 0 Å². The molecule has 0 spiro atoms. The Morgan fingerprint density at radius 3 is 2.48 bits per heavy atom. The van der Waals surface area contributed by atoms with E-state index in [1.54, 1.807) is 24.9 Å². The first-order valence-electron chi connectivity index (χ1n) is 6.99. The number of pyridine rings is 1. The van der Waals surface area contributed by atoms with Gasteiger partial charge in [-0.3, -0.25) is 9.59 Å². The van der Waals surface area contributed by atoms with Crippen LogP contribution in [-0.4, -0.2) is 41.3 Å². The molecule has 2 amide bonds. The van der Waals surface area contributed by atoms with Gasteiger partial charge in [0.15, 0.2) is 0 Å². The first-order chi connectivity index (χ1) is 9.76. The largest absolute Gasteiger partial charge is 0.344 e. The second-order valence-corrected chi connectivity index (χ2v) is 5.69. The van der Waals surface area contributed by atoms with Crippen LogP contribution in [0.2, 0.25) is 5.15 Å². The Bertz CT molecular complexity index is 532. The SMILES string of the molecule is CCN(C)C(=O)C(C)NC(=O)c1cc(Cl)nc(C(C)C)c1. The number of rotatable bonds is 5. The molecule has 1 heterocycles. The number of halogens is 1. The Kier molecular flexibility index (Phi) is 6.15. The highest BCUT2D eigenvalue weighted by molar-refractivity contribution is 6.29.